The van der Waals surface area contributed by atoms with Crippen LogP contribution in [0.2, 0.25) is 0 Å². The number of carbonyl (C=O) groups excluding carboxylic acids is 4. The highest BCUT2D eigenvalue weighted by Crippen LogP contribution is 2.56. The lowest BCUT2D eigenvalue weighted by molar-refractivity contribution is -0.130. The lowest BCUT2D eigenvalue weighted by atomic mass is 9.95. The molecule has 8 aromatic carbocycles. The maximum Gasteiger partial charge on any atom is 0.417 e. The van der Waals surface area contributed by atoms with Crippen molar-refractivity contribution in [3.8, 4) is 136 Å². The molecule has 0 aliphatic heterocycles. The minimum Gasteiger partial charge on any atom is -0.493 e. The van der Waals surface area contributed by atoms with Gasteiger partial charge in [-0.05, 0) is 232 Å². The molecule has 30 heteroatoms. The zero-order chi connectivity index (χ0) is 91.1. The quantitative estimate of drug-likeness (QED) is 0.0677. The number of imide groups is 1. The zero-order valence-corrected chi connectivity index (χ0v) is 74.8. The molecule has 4 aliphatic rings. The van der Waals surface area contributed by atoms with Crippen LogP contribution in [0.3, 0.4) is 0 Å². The van der Waals surface area contributed by atoms with Crippen molar-refractivity contribution in [1.82, 2.24) is 15.5 Å². The fourth-order valence-electron chi connectivity index (χ4n) is 15.9. The molecule has 4 N–H and O–H groups in total. The van der Waals surface area contributed by atoms with Crippen molar-refractivity contribution >= 4 is 24.0 Å². The van der Waals surface area contributed by atoms with Crippen LogP contribution in [-0.2, 0) is 44.7 Å². The number of nitrogens with zero attached hydrogens (tertiary/aromatic N) is 1. The number of nitrogens with one attached hydrogen (secondary N) is 2. The molecule has 0 fully saturated rings. The summed E-state index contributed by atoms with van der Waals surface area (Å²) in [4.78, 5) is 103. The maximum atomic E-state index is 13.2. The van der Waals surface area contributed by atoms with E-state index in [-0.39, 0.29) is 62.7 Å². The lowest BCUT2D eigenvalue weighted by Gasteiger charge is -2.31. The third-order valence-electron chi connectivity index (χ3n) is 21.2. The Hall–Kier alpha value is -13.1. The first kappa shape index (κ1) is 94.7. The normalized spacial score (nSPS) is 14.8. The summed E-state index contributed by atoms with van der Waals surface area (Å²) in [6, 6.07) is 25.4. The minimum atomic E-state index is -0.820. The van der Waals surface area contributed by atoms with E-state index in [1.165, 1.54) is 81.8 Å². The van der Waals surface area contributed by atoms with Crippen molar-refractivity contribution < 1.29 is 104 Å². The second kappa shape index (κ2) is 41.2. The molecule has 124 heavy (non-hydrogen) atoms. The molecular weight excluding hydrogens is 1600 g/mol. The Morgan fingerprint density at radius 3 is 0.895 bits per heavy atom. The molecule has 0 saturated heterocycles. The van der Waals surface area contributed by atoms with E-state index < -0.39 is 41.4 Å². The standard InChI is InChI=1S/C27H33NO8.C25H31NO7.C22H25NO6.C20H23NO5/c1-15(29)28(26(31)36-27(2,3)4)19-11-9-16-13-22(33-6)24(34-7)25(35-8)23(16)17-10-12-21(32-5)20(30)14-18(17)19;1-25(2,3)33-24(28)26-17-10-8-14-12-20(30-5)22(31-6)23(32-7)21(14)15-9-11-19(29-4)18(27)13-16(15)17;1-12(24)23-16-8-6-13-10-19(27-3)21(28-4)22(29-5)20(13)14-7-9-18(26-2)17(25)11-15(14)16;1-23-16-8-6-12-13(10-15(16)22)14(21)7-5-11-9-17(24-2)19(25-3)20(26-4)18(11)12/h10,12-14,19H,9,11H2,1-8H3;9,11-13,17H,8,10H2,1-7H3,(H,26,28);7,9-11,16H,6,8H2,1-5H3,(H,23,24);6,8-10,14H,5,7,21H2,1-4H3. The van der Waals surface area contributed by atoms with Gasteiger partial charge < -0.3 is 102 Å². The predicted octanol–water partition coefficient (Wildman–Crippen LogP) is 14.3. The molecule has 4 atom stereocenters. The number of hydrogen-bond acceptors (Lipinski definition) is 27. The molecule has 0 spiro atoms. The Morgan fingerprint density at radius 1 is 0.331 bits per heavy atom. The zero-order valence-electron chi connectivity index (χ0n) is 74.8. The Labute approximate surface area is 721 Å². The van der Waals surface area contributed by atoms with Gasteiger partial charge in [0.05, 0.1) is 132 Å². The molecule has 12 rings (SSSR count). The summed E-state index contributed by atoms with van der Waals surface area (Å²) in [6.45, 7) is 13.3. The Morgan fingerprint density at radius 2 is 0.605 bits per heavy atom. The first-order valence-corrected chi connectivity index (χ1v) is 39.8. The Bertz CT molecular complexity index is 5590. The van der Waals surface area contributed by atoms with Gasteiger partial charge in [-0.15, -0.1) is 0 Å². The van der Waals surface area contributed by atoms with Gasteiger partial charge >= 0.3 is 12.2 Å². The largest absolute Gasteiger partial charge is 0.493 e. The highest BCUT2D eigenvalue weighted by molar-refractivity contribution is 5.93. The fraction of sp³-hybridized carbons (Fsp3) is 0.404. The third kappa shape index (κ3) is 20.5. The molecule has 8 aromatic rings. The SMILES string of the molecule is COc1cc2c(c(OC)c1OC)-c1ccc(OC)c(=O)cc1C(N(C(C)=O)C(=O)OC(C)(C)C)CC2.COc1cc2c(c(OC)c1OC)-c1ccc(OC)c(=O)cc1C(N)CC2.COc1cc2c(c(OC)c1OC)-c1ccc(OC)c(=O)cc1C(NC(=O)OC(C)(C)C)CC2.COc1cc2c(c(OC)c1OC)-c1ccc(OC)c(=O)cc1C(NC(C)=O)CC2. The van der Waals surface area contributed by atoms with Crippen LogP contribution in [-0.4, -0.2) is 154 Å². The van der Waals surface area contributed by atoms with Crippen LogP contribution in [0.15, 0.2) is 116 Å². The Balaban J connectivity index is 0.000000189. The molecule has 4 amide bonds. The van der Waals surface area contributed by atoms with E-state index in [1.54, 1.807) is 148 Å². The van der Waals surface area contributed by atoms with E-state index in [0.29, 0.717) is 142 Å². The Kier molecular flexibility index (Phi) is 31.4. The van der Waals surface area contributed by atoms with Gasteiger partial charge in [0.2, 0.25) is 56.5 Å². The summed E-state index contributed by atoms with van der Waals surface area (Å²) in [6.07, 6.45) is 3.27. The second-order valence-electron chi connectivity index (χ2n) is 30.9. The summed E-state index contributed by atoms with van der Waals surface area (Å²) < 4.78 is 99.2. The molecule has 0 saturated carbocycles. The summed E-state index contributed by atoms with van der Waals surface area (Å²) in [5.41, 5.74) is 16.2. The minimum absolute atomic E-state index is 0.120. The molecule has 0 bridgehead atoms. The number of carbonyl (C=O) groups is 4. The van der Waals surface area contributed by atoms with Crippen molar-refractivity contribution in [3.05, 3.63) is 182 Å². The summed E-state index contributed by atoms with van der Waals surface area (Å²) in [5.74, 6) is 6.12. The van der Waals surface area contributed by atoms with Crippen LogP contribution < -0.4 is 114 Å². The van der Waals surface area contributed by atoms with Crippen LogP contribution in [0.5, 0.6) is 92.0 Å². The average molecular weight is 1710 g/mol. The van der Waals surface area contributed by atoms with Crippen molar-refractivity contribution in [3.63, 3.8) is 0 Å². The first-order valence-electron chi connectivity index (χ1n) is 39.8. The smallest absolute Gasteiger partial charge is 0.417 e. The van der Waals surface area contributed by atoms with E-state index in [9.17, 15) is 38.4 Å². The van der Waals surface area contributed by atoms with Gasteiger partial charge in [-0.3, -0.25) is 28.8 Å². The maximum absolute atomic E-state index is 13.2. The average Bonchev–Trinajstić information content (AvgIpc) is 1.48. The van der Waals surface area contributed by atoms with Gasteiger partial charge in [0, 0.05) is 42.1 Å². The van der Waals surface area contributed by atoms with Crippen LogP contribution in [0.4, 0.5) is 9.59 Å². The number of alkyl carbamates (subject to hydrolysis) is 1. The number of rotatable bonds is 19. The second-order valence-corrected chi connectivity index (χ2v) is 30.9. The summed E-state index contributed by atoms with van der Waals surface area (Å²) in [7, 11) is 24.4. The molecule has 4 unspecified atom stereocenters. The van der Waals surface area contributed by atoms with Crippen LogP contribution >= 0.6 is 0 Å². The van der Waals surface area contributed by atoms with Gasteiger partial charge in [0.15, 0.2) is 69.0 Å². The number of methoxy groups -OCH3 is 16. The molecule has 0 radical (unpaired) electrons. The van der Waals surface area contributed by atoms with Crippen LogP contribution in [0.25, 0.3) is 44.5 Å². The fourth-order valence-corrected chi connectivity index (χ4v) is 15.9. The highest BCUT2D eigenvalue weighted by Gasteiger charge is 2.40. The molecule has 664 valence electrons. The monoisotopic (exact) mass is 1710 g/mol. The van der Waals surface area contributed by atoms with E-state index in [4.69, 9.17) is 91.0 Å². The number of amides is 4. The number of benzene rings is 4. The number of hydrogen-bond donors (Lipinski definition) is 3. The van der Waals surface area contributed by atoms with E-state index >= 15 is 0 Å². The van der Waals surface area contributed by atoms with Gasteiger partial charge in [0.25, 0.3) is 0 Å². The van der Waals surface area contributed by atoms with E-state index in [1.807, 2.05) is 36.4 Å². The summed E-state index contributed by atoms with van der Waals surface area (Å²) in [5, 5.41) is 5.90. The number of nitrogens with two attached hydrogens (primary N) is 1. The topological polar surface area (TPSA) is 356 Å². The van der Waals surface area contributed by atoms with Crippen molar-refractivity contribution in [1.29, 1.82) is 0 Å². The van der Waals surface area contributed by atoms with Crippen molar-refractivity contribution in [2.24, 2.45) is 5.73 Å². The number of ether oxygens (including phenoxy) is 18. The molecular formula is C94H112N4O26. The van der Waals surface area contributed by atoms with Crippen LogP contribution in [0, 0.1) is 0 Å². The number of aryl methyl sites for hydroxylation is 4. The molecule has 0 heterocycles. The number of fused-ring (bicyclic) bond motifs is 12. The van der Waals surface area contributed by atoms with Gasteiger partial charge in [-0.25, -0.2) is 14.5 Å². The summed E-state index contributed by atoms with van der Waals surface area (Å²) >= 11 is 0. The lowest BCUT2D eigenvalue weighted by Crippen LogP contribution is -2.42. The highest BCUT2D eigenvalue weighted by atomic mass is 16.6. The van der Waals surface area contributed by atoms with Crippen molar-refractivity contribution in [2.45, 2.75) is 142 Å². The molecule has 0 aromatic heterocycles. The van der Waals surface area contributed by atoms with Crippen LogP contribution in [0.1, 0.15) is 150 Å². The van der Waals surface area contributed by atoms with Crippen molar-refractivity contribution in [2.75, 3.05) is 114 Å². The van der Waals surface area contributed by atoms with E-state index in [2.05, 4.69) is 10.6 Å². The van der Waals surface area contributed by atoms with E-state index in [0.717, 1.165) is 72.5 Å². The van der Waals surface area contributed by atoms with Gasteiger partial charge in [0.1, 0.15) is 11.2 Å². The van der Waals surface area contributed by atoms with Gasteiger partial charge in [-0.2, -0.15) is 0 Å². The first-order chi connectivity index (χ1) is 59.1. The van der Waals surface area contributed by atoms with Gasteiger partial charge in [-0.1, -0.05) is 24.3 Å². The molecule has 30 nitrogen and oxygen atoms in total. The predicted molar refractivity (Wildman–Crippen MR) is 468 cm³/mol. The molecule has 4 aliphatic carbocycles. The third-order valence-corrected chi connectivity index (χ3v) is 21.2.